The molecule has 94 valence electrons. The number of nitrogens with zero attached hydrogens (tertiary/aromatic N) is 4. The maximum Gasteiger partial charge on any atom is 0.182 e. The van der Waals surface area contributed by atoms with Crippen LogP contribution in [0.5, 0.6) is 0 Å². The van der Waals surface area contributed by atoms with Crippen molar-refractivity contribution in [3.05, 3.63) is 48.3 Å². The second kappa shape index (κ2) is 4.81. The number of imidazole rings is 1. The molecule has 0 bridgehead atoms. The van der Waals surface area contributed by atoms with E-state index in [1.165, 1.54) is 24.9 Å². The second-order valence-corrected chi connectivity index (χ2v) is 3.71. The summed E-state index contributed by atoms with van der Waals surface area (Å²) in [6.45, 7) is 0. The second-order valence-electron chi connectivity index (χ2n) is 3.71. The van der Waals surface area contributed by atoms with Crippen molar-refractivity contribution in [1.82, 2.24) is 19.9 Å². The van der Waals surface area contributed by atoms with Crippen molar-refractivity contribution >= 4 is 23.2 Å². The van der Waals surface area contributed by atoms with Crippen molar-refractivity contribution < 1.29 is 4.39 Å². The Labute approximate surface area is 107 Å². The van der Waals surface area contributed by atoms with Crippen LogP contribution in [0.2, 0.25) is 0 Å². The van der Waals surface area contributed by atoms with Crippen molar-refractivity contribution in [3.8, 4) is 0 Å². The van der Waals surface area contributed by atoms with E-state index in [1.54, 1.807) is 18.2 Å². The minimum atomic E-state index is -0.331. The lowest BCUT2D eigenvalue weighted by atomic mass is 10.2. The highest BCUT2D eigenvalue weighted by Crippen LogP contribution is 2.14. The average Bonchev–Trinajstić information content (AvgIpc) is 2.90. The van der Waals surface area contributed by atoms with Gasteiger partial charge in [-0.2, -0.15) is 5.10 Å². The van der Waals surface area contributed by atoms with E-state index >= 15 is 0 Å². The number of rotatable bonds is 3. The van der Waals surface area contributed by atoms with Crippen LogP contribution >= 0.6 is 0 Å². The summed E-state index contributed by atoms with van der Waals surface area (Å²) in [4.78, 5) is 14.9. The average molecular weight is 256 g/mol. The maximum absolute atomic E-state index is 13.4. The quantitative estimate of drug-likeness (QED) is 0.554. The van der Waals surface area contributed by atoms with Crippen LogP contribution in [-0.2, 0) is 0 Å². The van der Waals surface area contributed by atoms with Gasteiger partial charge in [-0.3, -0.25) is 5.43 Å². The van der Waals surface area contributed by atoms with Crippen LogP contribution in [0.3, 0.4) is 0 Å². The molecule has 0 aliphatic carbocycles. The smallest absolute Gasteiger partial charge is 0.182 e. The Kier molecular flexibility index (Phi) is 2.85. The number of benzene rings is 1. The van der Waals surface area contributed by atoms with Crippen molar-refractivity contribution in [2.45, 2.75) is 0 Å². The van der Waals surface area contributed by atoms with E-state index in [0.717, 1.165) is 0 Å². The Bertz CT molecular complexity index is 736. The number of nitrogens with one attached hydrogen (secondary N) is 2. The van der Waals surface area contributed by atoms with Gasteiger partial charge in [0.05, 0.1) is 12.5 Å². The summed E-state index contributed by atoms with van der Waals surface area (Å²) in [6, 6.07) is 6.37. The van der Waals surface area contributed by atoms with Gasteiger partial charge in [-0.15, -0.1) is 0 Å². The van der Waals surface area contributed by atoms with E-state index in [2.05, 4.69) is 30.5 Å². The number of halogens is 1. The summed E-state index contributed by atoms with van der Waals surface area (Å²) in [7, 11) is 0. The molecule has 0 saturated heterocycles. The van der Waals surface area contributed by atoms with Gasteiger partial charge in [0.2, 0.25) is 0 Å². The predicted octanol–water partition coefficient (Wildman–Crippen LogP) is 1.94. The summed E-state index contributed by atoms with van der Waals surface area (Å²) in [5.41, 5.74) is 4.31. The van der Waals surface area contributed by atoms with Crippen molar-refractivity contribution in [1.29, 1.82) is 0 Å². The number of hydrazone groups is 1. The number of aromatic amines is 1. The maximum atomic E-state index is 13.4. The van der Waals surface area contributed by atoms with Crippen LogP contribution in [-0.4, -0.2) is 26.2 Å². The fraction of sp³-hybridized carbons (Fsp3) is 0. The topological polar surface area (TPSA) is 78.8 Å². The molecule has 0 aliphatic heterocycles. The first-order chi connectivity index (χ1) is 9.34. The molecular formula is C12H9FN6. The molecule has 0 unspecified atom stereocenters. The third kappa shape index (κ3) is 2.25. The molecular weight excluding hydrogens is 247 g/mol. The summed E-state index contributed by atoms with van der Waals surface area (Å²) < 4.78 is 13.4. The van der Waals surface area contributed by atoms with Crippen LogP contribution in [0, 0.1) is 5.82 Å². The highest BCUT2D eigenvalue weighted by Gasteiger charge is 2.03. The molecule has 3 aromatic rings. The van der Waals surface area contributed by atoms with Crippen molar-refractivity contribution in [2.75, 3.05) is 5.43 Å². The van der Waals surface area contributed by atoms with Crippen molar-refractivity contribution in [2.24, 2.45) is 5.10 Å². The molecule has 2 N–H and O–H groups in total. The lowest BCUT2D eigenvalue weighted by Gasteiger charge is -1.99. The normalized spacial score (nSPS) is 11.2. The van der Waals surface area contributed by atoms with Gasteiger partial charge in [-0.1, -0.05) is 18.2 Å². The van der Waals surface area contributed by atoms with Gasteiger partial charge in [0.25, 0.3) is 0 Å². The van der Waals surface area contributed by atoms with Crippen LogP contribution in [0.1, 0.15) is 5.56 Å². The molecule has 2 heterocycles. The highest BCUT2D eigenvalue weighted by atomic mass is 19.1. The Balaban J connectivity index is 1.83. The van der Waals surface area contributed by atoms with E-state index in [-0.39, 0.29) is 5.82 Å². The SMILES string of the molecule is Fc1ccccc1C=NNc1ncnc2nc[nH]c12. The van der Waals surface area contributed by atoms with Crippen LogP contribution < -0.4 is 5.43 Å². The molecule has 19 heavy (non-hydrogen) atoms. The molecule has 0 fully saturated rings. The van der Waals surface area contributed by atoms with Gasteiger partial charge < -0.3 is 4.98 Å². The molecule has 0 saturated carbocycles. The summed E-state index contributed by atoms with van der Waals surface area (Å²) in [6.07, 6.45) is 4.29. The molecule has 7 heteroatoms. The minimum absolute atomic E-state index is 0.331. The first-order valence-electron chi connectivity index (χ1n) is 5.52. The first-order valence-corrected chi connectivity index (χ1v) is 5.52. The van der Waals surface area contributed by atoms with Crippen LogP contribution in [0.25, 0.3) is 11.2 Å². The van der Waals surface area contributed by atoms with Gasteiger partial charge >= 0.3 is 0 Å². The first kappa shape index (κ1) is 11.3. The summed E-state index contributed by atoms with van der Waals surface area (Å²) in [5, 5.41) is 3.95. The molecule has 6 nitrogen and oxygen atoms in total. The number of anilines is 1. The largest absolute Gasteiger partial charge is 0.340 e. The van der Waals surface area contributed by atoms with Gasteiger partial charge in [-0.25, -0.2) is 19.3 Å². The predicted molar refractivity (Wildman–Crippen MR) is 69.3 cm³/mol. The molecule has 2 aromatic heterocycles. The number of H-pyrrole nitrogens is 1. The van der Waals surface area contributed by atoms with E-state index in [9.17, 15) is 4.39 Å². The molecule has 3 rings (SSSR count). The fourth-order valence-corrected chi connectivity index (χ4v) is 1.59. The van der Waals surface area contributed by atoms with Crippen LogP contribution in [0.15, 0.2) is 42.0 Å². The minimum Gasteiger partial charge on any atom is -0.340 e. The van der Waals surface area contributed by atoms with Gasteiger partial charge in [0.1, 0.15) is 17.7 Å². The van der Waals surface area contributed by atoms with Gasteiger partial charge in [0.15, 0.2) is 11.5 Å². The molecule has 0 radical (unpaired) electrons. The fourth-order valence-electron chi connectivity index (χ4n) is 1.59. The molecule has 0 amide bonds. The Morgan fingerprint density at radius 2 is 2.11 bits per heavy atom. The summed E-state index contributed by atoms with van der Waals surface area (Å²) in [5.74, 6) is 0.150. The van der Waals surface area contributed by atoms with Crippen molar-refractivity contribution in [3.63, 3.8) is 0 Å². The van der Waals surface area contributed by atoms with E-state index in [1.807, 2.05) is 0 Å². The zero-order valence-corrected chi connectivity index (χ0v) is 9.71. The molecule has 0 spiro atoms. The Hall–Kier alpha value is -2.83. The van der Waals surface area contributed by atoms with E-state index in [0.29, 0.717) is 22.5 Å². The highest BCUT2D eigenvalue weighted by molar-refractivity contribution is 5.84. The molecule has 0 aliphatic rings. The third-order valence-electron chi connectivity index (χ3n) is 2.50. The molecule has 0 atom stereocenters. The number of hydrogen-bond donors (Lipinski definition) is 2. The van der Waals surface area contributed by atoms with Gasteiger partial charge in [0, 0.05) is 5.56 Å². The number of aromatic nitrogens is 4. The lowest BCUT2D eigenvalue weighted by molar-refractivity contribution is 0.626. The lowest BCUT2D eigenvalue weighted by Crippen LogP contribution is -1.96. The van der Waals surface area contributed by atoms with Crippen LogP contribution in [0.4, 0.5) is 10.2 Å². The number of hydrogen-bond acceptors (Lipinski definition) is 5. The zero-order chi connectivity index (χ0) is 13.1. The molecule has 1 aromatic carbocycles. The Morgan fingerprint density at radius 1 is 1.21 bits per heavy atom. The van der Waals surface area contributed by atoms with Gasteiger partial charge in [-0.05, 0) is 6.07 Å². The Morgan fingerprint density at radius 3 is 3.00 bits per heavy atom. The monoisotopic (exact) mass is 256 g/mol. The van der Waals surface area contributed by atoms with E-state index in [4.69, 9.17) is 0 Å². The summed E-state index contributed by atoms with van der Waals surface area (Å²) >= 11 is 0. The van der Waals surface area contributed by atoms with E-state index < -0.39 is 0 Å². The third-order valence-corrected chi connectivity index (χ3v) is 2.50. The zero-order valence-electron chi connectivity index (χ0n) is 9.71. The standard InChI is InChI=1S/C12H9FN6/c13-9-4-2-1-3-8(9)5-18-19-12-10-11(15-6-14-10)16-7-17-12/h1-7H,(H2,14,15,16,17,19). The number of fused-ring (bicyclic) bond motifs is 1.